The van der Waals surface area contributed by atoms with Crippen molar-refractivity contribution in [2.75, 3.05) is 11.9 Å². The van der Waals surface area contributed by atoms with Crippen LogP contribution in [0.5, 0.6) is 0 Å². The minimum atomic E-state index is -0.290. The van der Waals surface area contributed by atoms with Crippen molar-refractivity contribution in [1.82, 2.24) is 5.32 Å². The molecular formula is C22H21FN2O. The second-order valence-electron chi connectivity index (χ2n) is 6.14. The molecule has 3 aromatic carbocycles. The van der Waals surface area contributed by atoms with Crippen LogP contribution in [0.1, 0.15) is 22.7 Å². The SMILES string of the molecule is Cc1ccc(NCC(=O)NC(c2ccccc2)c2ccccc2)cc1F. The van der Waals surface area contributed by atoms with Crippen LogP contribution in [0.3, 0.4) is 0 Å². The number of carbonyl (C=O) groups is 1. The van der Waals surface area contributed by atoms with Crippen LogP contribution in [0, 0.1) is 12.7 Å². The van der Waals surface area contributed by atoms with Gasteiger partial charge in [0.25, 0.3) is 0 Å². The molecule has 0 bridgehead atoms. The molecular weight excluding hydrogens is 327 g/mol. The third-order valence-corrected chi connectivity index (χ3v) is 4.20. The van der Waals surface area contributed by atoms with Gasteiger partial charge in [0.2, 0.25) is 5.91 Å². The number of hydrogen-bond acceptors (Lipinski definition) is 2. The highest BCUT2D eigenvalue weighted by atomic mass is 19.1. The lowest BCUT2D eigenvalue weighted by atomic mass is 9.99. The van der Waals surface area contributed by atoms with Gasteiger partial charge >= 0.3 is 0 Å². The maximum Gasteiger partial charge on any atom is 0.240 e. The van der Waals surface area contributed by atoms with Gasteiger partial charge in [-0.15, -0.1) is 0 Å². The van der Waals surface area contributed by atoms with Crippen LogP contribution in [-0.4, -0.2) is 12.5 Å². The highest BCUT2D eigenvalue weighted by Crippen LogP contribution is 2.21. The van der Waals surface area contributed by atoms with Crippen LogP contribution in [0.25, 0.3) is 0 Å². The molecule has 0 radical (unpaired) electrons. The number of anilines is 1. The van der Waals surface area contributed by atoms with E-state index in [0.717, 1.165) is 11.1 Å². The number of amides is 1. The first kappa shape index (κ1) is 17.7. The van der Waals surface area contributed by atoms with Gasteiger partial charge in [-0.05, 0) is 35.7 Å². The Kier molecular flexibility index (Phi) is 5.64. The zero-order chi connectivity index (χ0) is 18.4. The summed E-state index contributed by atoms with van der Waals surface area (Å²) in [7, 11) is 0. The van der Waals surface area contributed by atoms with Gasteiger partial charge < -0.3 is 10.6 Å². The van der Waals surface area contributed by atoms with Crippen LogP contribution in [0.4, 0.5) is 10.1 Å². The van der Waals surface area contributed by atoms with E-state index >= 15 is 0 Å². The Morgan fingerprint density at radius 2 is 1.50 bits per heavy atom. The summed E-state index contributed by atoms with van der Waals surface area (Å²) < 4.78 is 13.6. The lowest BCUT2D eigenvalue weighted by molar-refractivity contribution is -0.119. The largest absolute Gasteiger partial charge is 0.376 e. The molecule has 2 N–H and O–H groups in total. The lowest BCUT2D eigenvalue weighted by Crippen LogP contribution is -2.33. The minimum absolute atomic E-state index is 0.0681. The van der Waals surface area contributed by atoms with Gasteiger partial charge in [-0.1, -0.05) is 66.7 Å². The quantitative estimate of drug-likeness (QED) is 0.691. The van der Waals surface area contributed by atoms with Gasteiger partial charge in [0, 0.05) is 5.69 Å². The summed E-state index contributed by atoms with van der Waals surface area (Å²) in [5.41, 5.74) is 3.18. The van der Waals surface area contributed by atoms with Crippen LogP contribution in [-0.2, 0) is 4.79 Å². The molecule has 132 valence electrons. The molecule has 0 spiro atoms. The zero-order valence-electron chi connectivity index (χ0n) is 14.6. The third kappa shape index (κ3) is 4.48. The summed E-state index contributed by atoms with van der Waals surface area (Å²) in [6, 6.07) is 24.2. The Bertz CT molecular complexity index is 826. The van der Waals surface area contributed by atoms with Gasteiger partial charge in [-0.3, -0.25) is 4.79 Å². The monoisotopic (exact) mass is 348 g/mol. The topological polar surface area (TPSA) is 41.1 Å². The fourth-order valence-corrected chi connectivity index (χ4v) is 2.75. The molecule has 3 nitrogen and oxygen atoms in total. The molecule has 0 fully saturated rings. The molecule has 0 aromatic heterocycles. The summed E-state index contributed by atoms with van der Waals surface area (Å²) >= 11 is 0. The van der Waals surface area contributed by atoms with Crippen molar-refractivity contribution in [3.05, 3.63) is 101 Å². The van der Waals surface area contributed by atoms with Crippen molar-refractivity contribution in [1.29, 1.82) is 0 Å². The van der Waals surface area contributed by atoms with Crippen molar-refractivity contribution < 1.29 is 9.18 Å². The maximum absolute atomic E-state index is 13.6. The first-order valence-corrected chi connectivity index (χ1v) is 8.53. The molecule has 0 aliphatic rings. The van der Waals surface area contributed by atoms with E-state index in [0.29, 0.717) is 11.3 Å². The second-order valence-corrected chi connectivity index (χ2v) is 6.14. The molecule has 0 saturated carbocycles. The van der Waals surface area contributed by atoms with Crippen LogP contribution in [0.15, 0.2) is 78.9 Å². The molecule has 3 rings (SSSR count). The molecule has 4 heteroatoms. The molecule has 3 aromatic rings. The number of nitrogens with one attached hydrogen (secondary N) is 2. The Morgan fingerprint density at radius 3 is 2.04 bits per heavy atom. The first-order chi connectivity index (χ1) is 12.6. The zero-order valence-corrected chi connectivity index (χ0v) is 14.6. The number of benzene rings is 3. The minimum Gasteiger partial charge on any atom is -0.376 e. The van der Waals surface area contributed by atoms with Gasteiger partial charge in [-0.25, -0.2) is 4.39 Å². The van der Waals surface area contributed by atoms with Crippen molar-refractivity contribution >= 4 is 11.6 Å². The van der Waals surface area contributed by atoms with Crippen molar-refractivity contribution in [2.45, 2.75) is 13.0 Å². The van der Waals surface area contributed by atoms with E-state index < -0.39 is 0 Å². The fourth-order valence-electron chi connectivity index (χ4n) is 2.75. The van der Waals surface area contributed by atoms with E-state index in [-0.39, 0.29) is 24.3 Å². The smallest absolute Gasteiger partial charge is 0.240 e. The number of carbonyl (C=O) groups excluding carboxylic acids is 1. The molecule has 0 aliphatic heterocycles. The van der Waals surface area contributed by atoms with E-state index in [1.54, 1.807) is 19.1 Å². The van der Waals surface area contributed by atoms with Crippen LogP contribution in [0.2, 0.25) is 0 Å². The molecule has 1 amide bonds. The number of aryl methyl sites for hydroxylation is 1. The number of rotatable bonds is 6. The van der Waals surface area contributed by atoms with Gasteiger partial charge in [0.15, 0.2) is 0 Å². The third-order valence-electron chi connectivity index (χ3n) is 4.20. The normalized spacial score (nSPS) is 10.6. The summed E-state index contributed by atoms with van der Waals surface area (Å²) in [6.45, 7) is 1.77. The lowest BCUT2D eigenvalue weighted by Gasteiger charge is -2.20. The van der Waals surface area contributed by atoms with Crippen molar-refractivity contribution in [2.24, 2.45) is 0 Å². The summed E-state index contributed by atoms with van der Waals surface area (Å²) in [6.07, 6.45) is 0. The number of halogens is 1. The molecule has 26 heavy (non-hydrogen) atoms. The van der Waals surface area contributed by atoms with E-state index in [1.807, 2.05) is 60.7 Å². The Morgan fingerprint density at radius 1 is 0.923 bits per heavy atom. The van der Waals surface area contributed by atoms with E-state index in [9.17, 15) is 9.18 Å². The van der Waals surface area contributed by atoms with E-state index in [4.69, 9.17) is 0 Å². The standard InChI is InChI=1S/C22H21FN2O/c1-16-12-13-19(14-20(16)23)24-15-21(26)25-22(17-8-4-2-5-9-17)18-10-6-3-7-11-18/h2-14,22,24H,15H2,1H3,(H,25,26). The van der Waals surface area contributed by atoms with E-state index in [1.165, 1.54) is 6.07 Å². The Balaban J connectivity index is 1.70. The van der Waals surface area contributed by atoms with Crippen LogP contribution >= 0.6 is 0 Å². The maximum atomic E-state index is 13.6. The predicted octanol–water partition coefficient (Wildman–Crippen LogP) is 4.45. The molecule has 0 unspecified atom stereocenters. The molecule has 0 atom stereocenters. The van der Waals surface area contributed by atoms with Gasteiger partial charge in [0.1, 0.15) is 5.82 Å². The number of hydrogen-bond donors (Lipinski definition) is 2. The summed E-state index contributed by atoms with van der Waals surface area (Å²) in [5, 5.41) is 6.02. The molecule has 0 aliphatic carbocycles. The average molecular weight is 348 g/mol. The Labute approximate surface area is 152 Å². The van der Waals surface area contributed by atoms with Crippen LogP contribution < -0.4 is 10.6 Å². The van der Waals surface area contributed by atoms with Gasteiger partial charge in [0.05, 0.1) is 12.6 Å². The summed E-state index contributed by atoms with van der Waals surface area (Å²) in [4.78, 5) is 12.5. The molecule has 0 saturated heterocycles. The average Bonchev–Trinajstić information content (AvgIpc) is 2.68. The molecule has 0 heterocycles. The van der Waals surface area contributed by atoms with E-state index in [2.05, 4.69) is 10.6 Å². The first-order valence-electron chi connectivity index (χ1n) is 8.53. The second kappa shape index (κ2) is 8.30. The van der Waals surface area contributed by atoms with Gasteiger partial charge in [-0.2, -0.15) is 0 Å². The fraction of sp³-hybridized carbons (Fsp3) is 0.136. The van der Waals surface area contributed by atoms with Crippen molar-refractivity contribution in [3.8, 4) is 0 Å². The predicted molar refractivity (Wildman–Crippen MR) is 102 cm³/mol. The summed E-state index contributed by atoms with van der Waals surface area (Å²) in [5.74, 6) is -0.453. The van der Waals surface area contributed by atoms with Crippen molar-refractivity contribution in [3.63, 3.8) is 0 Å². The highest BCUT2D eigenvalue weighted by Gasteiger charge is 2.16. The highest BCUT2D eigenvalue weighted by molar-refractivity contribution is 5.81. The Hall–Kier alpha value is -3.14.